The van der Waals surface area contributed by atoms with Gasteiger partial charge in [-0.2, -0.15) is 4.68 Å². The largest absolute Gasteiger partial charge is 0.478 e. The number of nitrogens with zero attached hydrogens (tertiary/aromatic N) is 5. The van der Waals surface area contributed by atoms with Crippen molar-refractivity contribution in [3.05, 3.63) is 71.0 Å². The van der Waals surface area contributed by atoms with E-state index in [0.29, 0.717) is 41.5 Å². The number of aromatic nitrogens is 4. The molecular weight excluding hydrogens is 514 g/mol. The summed E-state index contributed by atoms with van der Waals surface area (Å²) in [6, 6.07) is 9.82. The molecule has 38 heavy (non-hydrogen) atoms. The summed E-state index contributed by atoms with van der Waals surface area (Å²) in [6.07, 6.45) is 4.55. The molecule has 1 aliphatic rings. The van der Waals surface area contributed by atoms with Gasteiger partial charge in [-0.25, -0.2) is 4.79 Å². The van der Waals surface area contributed by atoms with Crippen LogP contribution in [-0.4, -0.2) is 73.0 Å². The van der Waals surface area contributed by atoms with E-state index in [0.717, 1.165) is 0 Å². The minimum absolute atomic E-state index is 0.0349. The van der Waals surface area contributed by atoms with Crippen LogP contribution in [0.5, 0.6) is 0 Å². The first-order valence-corrected chi connectivity index (χ1v) is 12.0. The van der Waals surface area contributed by atoms with Crippen LogP contribution in [0.1, 0.15) is 29.3 Å². The van der Waals surface area contributed by atoms with Gasteiger partial charge in [-0.05, 0) is 71.3 Å². The third kappa shape index (κ3) is 6.59. The van der Waals surface area contributed by atoms with Crippen LogP contribution in [-0.2, 0) is 14.4 Å². The molecule has 0 spiro atoms. The molecule has 0 aliphatic carbocycles. The Hall–Kier alpha value is -4.58. The van der Waals surface area contributed by atoms with E-state index in [4.69, 9.17) is 16.7 Å². The number of carboxylic acid groups (broad SMARTS) is 1. The van der Waals surface area contributed by atoms with Crippen LogP contribution in [0, 0.1) is 5.92 Å². The minimum Gasteiger partial charge on any atom is -0.478 e. The summed E-state index contributed by atoms with van der Waals surface area (Å²) in [4.78, 5) is 50.2. The molecule has 1 saturated heterocycles. The van der Waals surface area contributed by atoms with Gasteiger partial charge in [0.1, 0.15) is 12.4 Å². The van der Waals surface area contributed by atoms with E-state index in [9.17, 15) is 19.2 Å². The lowest BCUT2D eigenvalue weighted by molar-refractivity contribution is -0.135. The Kier molecular flexibility index (Phi) is 8.12. The maximum absolute atomic E-state index is 13.1. The van der Waals surface area contributed by atoms with Gasteiger partial charge in [0.25, 0.3) is 0 Å². The zero-order valence-electron chi connectivity index (χ0n) is 20.2. The number of carbonyl (C=O) groups is 4. The Bertz CT molecular complexity index is 1370. The van der Waals surface area contributed by atoms with Crippen molar-refractivity contribution in [2.75, 3.05) is 18.4 Å². The summed E-state index contributed by atoms with van der Waals surface area (Å²) in [5.41, 5.74) is 1.65. The summed E-state index contributed by atoms with van der Waals surface area (Å²) < 4.78 is 1.43. The molecule has 0 saturated carbocycles. The van der Waals surface area contributed by atoms with Gasteiger partial charge in [0.2, 0.25) is 17.7 Å². The minimum atomic E-state index is -1.08. The molecule has 0 radical (unpaired) electrons. The first-order chi connectivity index (χ1) is 18.2. The number of benzene rings is 2. The first-order valence-electron chi connectivity index (χ1n) is 11.6. The predicted octanol–water partition coefficient (Wildman–Crippen LogP) is 2.02. The van der Waals surface area contributed by atoms with Crippen molar-refractivity contribution in [2.45, 2.75) is 19.4 Å². The number of halogens is 1. The summed E-state index contributed by atoms with van der Waals surface area (Å²) in [6.45, 7) is 2.47. The maximum atomic E-state index is 13.1. The Labute approximate surface area is 222 Å². The van der Waals surface area contributed by atoms with E-state index in [1.165, 1.54) is 48.3 Å². The summed E-state index contributed by atoms with van der Waals surface area (Å²) in [7, 11) is 0. The van der Waals surface area contributed by atoms with Gasteiger partial charge >= 0.3 is 5.97 Å². The lowest BCUT2D eigenvalue weighted by Crippen LogP contribution is -2.53. The van der Waals surface area contributed by atoms with Gasteiger partial charge < -0.3 is 20.6 Å². The molecule has 0 unspecified atom stereocenters. The molecule has 13 heteroatoms. The Balaban J connectivity index is 1.47. The molecule has 12 nitrogen and oxygen atoms in total. The second-order valence-corrected chi connectivity index (χ2v) is 9.19. The Morgan fingerprint density at radius 3 is 2.53 bits per heavy atom. The molecule has 1 aliphatic heterocycles. The topological polar surface area (TPSA) is 159 Å². The molecule has 2 aromatic carbocycles. The summed E-state index contributed by atoms with van der Waals surface area (Å²) in [5.74, 6) is -2.08. The zero-order valence-corrected chi connectivity index (χ0v) is 21.0. The normalized spacial score (nSPS) is 14.1. The van der Waals surface area contributed by atoms with Crippen molar-refractivity contribution in [1.82, 2.24) is 30.4 Å². The number of rotatable bonds is 9. The number of anilines is 1. The number of carbonyl (C=O) groups excluding carboxylic acids is 3. The SMILES string of the molecule is CC(=O)N1CC(C[C@H](NC(=O)/C=C/c2cc(Cl)ccc2-n2cnnn2)C(=O)Nc2ccc(C(=O)O)cc2)C1. The van der Waals surface area contributed by atoms with Crippen LogP contribution in [0.4, 0.5) is 5.69 Å². The number of hydrogen-bond donors (Lipinski definition) is 3. The van der Waals surface area contributed by atoms with E-state index in [1.807, 2.05) is 0 Å². The number of hydrogen-bond acceptors (Lipinski definition) is 7. The molecule has 1 atom stereocenters. The average molecular weight is 538 g/mol. The van der Waals surface area contributed by atoms with Crippen molar-refractivity contribution in [3.63, 3.8) is 0 Å². The number of aromatic carboxylic acids is 1. The standard InChI is InChI=1S/C25H24ClN7O5/c1-15(34)32-12-16(13-32)10-21(24(36)28-20-6-2-17(3-7-20)25(37)38)29-23(35)9-4-18-11-19(26)5-8-22(18)33-14-27-30-31-33/h2-9,11,14,16,21H,10,12-13H2,1H3,(H,28,36)(H,29,35)(H,37,38)/b9-4+/t21-/m0/s1. The fourth-order valence-electron chi connectivity index (χ4n) is 3.99. The average Bonchev–Trinajstić information content (AvgIpc) is 3.38. The van der Waals surface area contributed by atoms with Crippen LogP contribution >= 0.6 is 11.6 Å². The number of amides is 3. The van der Waals surface area contributed by atoms with Crippen molar-refractivity contribution in [3.8, 4) is 5.69 Å². The molecule has 196 valence electrons. The zero-order chi connectivity index (χ0) is 27.2. The molecule has 1 aromatic heterocycles. The fraction of sp³-hybridized carbons (Fsp3) is 0.240. The monoisotopic (exact) mass is 537 g/mol. The van der Waals surface area contributed by atoms with Crippen LogP contribution in [0.15, 0.2) is 54.9 Å². The van der Waals surface area contributed by atoms with Crippen molar-refractivity contribution >= 4 is 47.1 Å². The Morgan fingerprint density at radius 2 is 1.89 bits per heavy atom. The van der Waals surface area contributed by atoms with Crippen LogP contribution < -0.4 is 10.6 Å². The summed E-state index contributed by atoms with van der Waals surface area (Å²) in [5, 5.41) is 26.1. The van der Waals surface area contributed by atoms with Gasteiger partial charge in [-0.1, -0.05) is 11.6 Å². The molecule has 2 heterocycles. The lowest BCUT2D eigenvalue weighted by atomic mass is 9.91. The number of likely N-dealkylation sites (tertiary alicyclic amines) is 1. The quantitative estimate of drug-likeness (QED) is 0.349. The van der Waals surface area contributed by atoms with E-state index < -0.39 is 23.8 Å². The third-order valence-corrected chi connectivity index (χ3v) is 6.24. The van der Waals surface area contributed by atoms with Gasteiger partial charge in [0.05, 0.1) is 11.3 Å². The van der Waals surface area contributed by atoms with Crippen molar-refractivity contribution in [2.24, 2.45) is 5.92 Å². The molecule has 3 N–H and O–H groups in total. The van der Waals surface area contributed by atoms with Crippen LogP contribution in [0.2, 0.25) is 5.02 Å². The second kappa shape index (κ2) is 11.6. The number of carboxylic acids is 1. The molecule has 3 amide bonds. The van der Waals surface area contributed by atoms with E-state index >= 15 is 0 Å². The smallest absolute Gasteiger partial charge is 0.335 e. The van der Waals surface area contributed by atoms with Gasteiger partial charge in [-0.15, -0.1) is 5.10 Å². The van der Waals surface area contributed by atoms with Crippen LogP contribution in [0.3, 0.4) is 0 Å². The number of tetrazole rings is 1. The summed E-state index contributed by atoms with van der Waals surface area (Å²) >= 11 is 6.13. The van der Waals surface area contributed by atoms with Crippen molar-refractivity contribution in [1.29, 1.82) is 0 Å². The van der Waals surface area contributed by atoms with E-state index in [1.54, 1.807) is 29.2 Å². The maximum Gasteiger partial charge on any atom is 0.335 e. The van der Waals surface area contributed by atoms with Crippen LogP contribution in [0.25, 0.3) is 11.8 Å². The van der Waals surface area contributed by atoms with Gasteiger partial charge in [-0.3, -0.25) is 14.4 Å². The van der Waals surface area contributed by atoms with E-state index in [-0.39, 0.29) is 17.4 Å². The third-order valence-electron chi connectivity index (χ3n) is 6.00. The first kappa shape index (κ1) is 26.5. The van der Waals surface area contributed by atoms with E-state index in [2.05, 4.69) is 26.2 Å². The van der Waals surface area contributed by atoms with Gasteiger partial charge in [0, 0.05) is 42.4 Å². The molecule has 3 aromatic rings. The van der Waals surface area contributed by atoms with Crippen molar-refractivity contribution < 1.29 is 24.3 Å². The highest BCUT2D eigenvalue weighted by molar-refractivity contribution is 6.30. The number of nitrogens with one attached hydrogen (secondary N) is 2. The fourth-order valence-corrected chi connectivity index (χ4v) is 4.17. The highest BCUT2D eigenvalue weighted by Gasteiger charge is 2.33. The van der Waals surface area contributed by atoms with Gasteiger partial charge in [0.15, 0.2) is 0 Å². The highest BCUT2D eigenvalue weighted by Crippen LogP contribution is 2.22. The predicted molar refractivity (Wildman–Crippen MR) is 138 cm³/mol. The lowest BCUT2D eigenvalue weighted by Gasteiger charge is -2.40. The highest BCUT2D eigenvalue weighted by atomic mass is 35.5. The molecule has 1 fully saturated rings. The second-order valence-electron chi connectivity index (χ2n) is 8.75. The molecule has 0 bridgehead atoms. The molecule has 4 rings (SSSR count). The molecular formula is C25H24ClN7O5. The Morgan fingerprint density at radius 1 is 1.16 bits per heavy atom.